The maximum absolute atomic E-state index is 5.46. The van der Waals surface area contributed by atoms with E-state index in [4.69, 9.17) is 10.5 Å². The molecule has 2 nitrogen and oxygen atoms in total. The fourth-order valence-electron chi connectivity index (χ4n) is 0.992. The van der Waals surface area contributed by atoms with Crippen molar-refractivity contribution in [1.82, 2.24) is 0 Å². The van der Waals surface area contributed by atoms with Crippen LogP contribution in [-0.2, 0) is 4.74 Å². The molecule has 0 radical (unpaired) electrons. The molecular weight excluding hydrogens is 150 g/mol. The minimum absolute atomic E-state index is 0.179. The Hall–Kier alpha value is -0.600. The van der Waals surface area contributed by atoms with E-state index in [0.29, 0.717) is 12.5 Å². The van der Waals surface area contributed by atoms with Crippen LogP contribution in [0.1, 0.15) is 19.8 Å². The molecule has 0 saturated carbocycles. The molecule has 2 heteroatoms. The summed E-state index contributed by atoms with van der Waals surface area (Å²) in [5.74, 6) is 0.478. The molecule has 0 aromatic rings. The molecule has 0 bridgehead atoms. The molecule has 0 aromatic carbocycles. The Bertz CT molecular complexity index is 122. The monoisotopic (exact) mass is 169 g/mol. The van der Waals surface area contributed by atoms with Crippen LogP contribution in [0.2, 0.25) is 0 Å². The van der Waals surface area contributed by atoms with Crippen LogP contribution in [-0.4, -0.2) is 12.8 Å². The minimum atomic E-state index is -0.179. The highest BCUT2D eigenvalue weighted by atomic mass is 16.5. The second-order valence-corrected chi connectivity index (χ2v) is 2.95. The summed E-state index contributed by atoms with van der Waals surface area (Å²) in [4.78, 5) is 0. The van der Waals surface area contributed by atoms with Gasteiger partial charge >= 0.3 is 0 Å². The van der Waals surface area contributed by atoms with Crippen molar-refractivity contribution < 1.29 is 4.74 Å². The van der Waals surface area contributed by atoms with Crippen molar-refractivity contribution in [3.8, 4) is 0 Å². The highest BCUT2D eigenvalue weighted by Gasteiger charge is 2.05. The van der Waals surface area contributed by atoms with Crippen LogP contribution in [0, 0.1) is 5.92 Å². The molecule has 0 aliphatic carbocycles. The van der Waals surface area contributed by atoms with Crippen LogP contribution in [0.3, 0.4) is 0 Å². The van der Waals surface area contributed by atoms with Gasteiger partial charge in [0.1, 0.15) is 6.23 Å². The van der Waals surface area contributed by atoms with Gasteiger partial charge in [-0.15, -0.1) is 13.2 Å². The molecule has 0 amide bonds. The van der Waals surface area contributed by atoms with Gasteiger partial charge in [-0.3, -0.25) is 0 Å². The number of ether oxygens (including phenoxy) is 1. The maximum Gasteiger partial charge on any atom is 0.102 e. The fourth-order valence-corrected chi connectivity index (χ4v) is 0.992. The second-order valence-electron chi connectivity index (χ2n) is 2.95. The average molecular weight is 169 g/mol. The summed E-state index contributed by atoms with van der Waals surface area (Å²) < 4.78 is 5.29. The largest absolute Gasteiger partial charge is 0.364 e. The Morgan fingerprint density at radius 1 is 1.33 bits per heavy atom. The van der Waals surface area contributed by atoms with Gasteiger partial charge in [0.15, 0.2) is 0 Å². The molecule has 0 fully saturated rings. The zero-order valence-electron chi connectivity index (χ0n) is 7.83. The van der Waals surface area contributed by atoms with Crippen LogP contribution in [0.25, 0.3) is 0 Å². The van der Waals surface area contributed by atoms with E-state index in [1.165, 1.54) is 0 Å². The lowest BCUT2D eigenvalue weighted by molar-refractivity contribution is 0.0452. The highest BCUT2D eigenvalue weighted by molar-refractivity contribution is 4.79. The van der Waals surface area contributed by atoms with Crippen molar-refractivity contribution in [3.05, 3.63) is 25.3 Å². The molecule has 12 heavy (non-hydrogen) atoms. The molecule has 0 aliphatic heterocycles. The van der Waals surface area contributed by atoms with E-state index >= 15 is 0 Å². The van der Waals surface area contributed by atoms with E-state index in [0.717, 1.165) is 12.8 Å². The van der Waals surface area contributed by atoms with Crippen LogP contribution < -0.4 is 5.73 Å². The summed E-state index contributed by atoms with van der Waals surface area (Å²) in [6.07, 6.45) is 5.54. The van der Waals surface area contributed by atoms with Gasteiger partial charge in [0.2, 0.25) is 0 Å². The predicted molar refractivity (Wildman–Crippen MR) is 52.7 cm³/mol. The summed E-state index contributed by atoms with van der Waals surface area (Å²) in [5.41, 5.74) is 5.46. The smallest absolute Gasteiger partial charge is 0.102 e. The van der Waals surface area contributed by atoms with Crippen molar-refractivity contribution in [1.29, 1.82) is 0 Å². The van der Waals surface area contributed by atoms with Crippen LogP contribution in [0.15, 0.2) is 25.3 Å². The van der Waals surface area contributed by atoms with Crippen LogP contribution in [0.4, 0.5) is 0 Å². The Kier molecular flexibility index (Phi) is 6.72. The summed E-state index contributed by atoms with van der Waals surface area (Å²) >= 11 is 0. The van der Waals surface area contributed by atoms with Crippen molar-refractivity contribution in [3.63, 3.8) is 0 Å². The van der Waals surface area contributed by atoms with Gasteiger partial charge in [0.25, 0.3) is 0 Å². The van der Waals surface area contributed by atoms with Gasteiger partial charge in [0, 0.05) is 0 Å². The lowest BCUT2D eigenvalue weighted by Crippen LogP contribution is -2.22. The zero-order valence-corrected chi connectivity index (χ0v) is 7.83. The predicted octanol–water partition coefficient (Wildman–Crippen LogP) is 2.08. The van der Waals surface area contributed by atoms with Gasteiger partial charge in [-0.25, -0.2) is 0 Å². The molecule has 0 heterocycles. The van der Waals surface area contributed by atoms with Gasteiger partial charge in [0.05, 0.1) is 6.61 Å². The number of nitrogens with two attached hydrogens (primary N) is 1. The van der Waals surface area contributed by atoms with E-state index in [2.05, 4.69) is 13.2 Å². The number of hydrogen-bond donors (Lipinski definition) is 1. The summed E-state index contributed by atoms with van der Waals surface area (Å²) in [6, 6.07) is 0. The molecule has 0 saturated heterocycles. The Morgan fingerprint density at radius 3 is 2.17 bits per heavy atom. The minimum Gasteiger partial charge on any atom is -0.364 e. The van der Waals surface area contributed by atoms with E-state index in [1.807, 2.05) is 19.1 Å². The van der Waals surface area contributed by atoms with Crippen molar-refractivity contribution >= 4 is 0 Å². The Morgan fingerprint density at radius 2 is 1.83 bits per heavy atom. The summed E-state index contributed by atoms with van der Waals surface area (Å²) in [6.45, 7) is 9.90. The lowest BCUT2D eigenvalue weighted by atomic mass is 10.0. The summed E-state index contributed by atoms with van der Waals surface area (Å²) in [5, 5.41) is 0. The van der Waals surface area contributed by atoms with Gasteiger partial charge < -0.3 is 10.5 Å². The number of allylic oxidation sites excluding steroid dienone is 2. The zero-order chi connectivity index (χ0) is 9.40. The molecule has 1 atom stereocenters. The first-order chi connectivity index (χ1) is 5.70. The first-order valence-electron chi connectivity index (χ1n) is 4.29. The van der Waals surface area contributed by atoms with Crippen LogP contribution >= 0.6 is 0 Å². The van der Waals surface area contributed by atoms with Gasteiger partial charge in [-0.2, -0.15) is 0 Å². The molecule has 0 spiro atoms. The topological polar surface area (TPSA) is 35.2 Å². The number of hydrogen-bond acceptors (Lipinski definition) is 2. The number of rotatable bonds is 7. The Balaban J connectivity index is 3.61. The standard InChI is InChI=1S/C10H19NO/c1-4-6-10(7-5-2)8-12-9(3)11/h4-5,9-10H,1-2,6-8,11H2,3H3. The third-order valence-electron chi connectivity index (χ3n) is 1.59. The summed E-state index contributed by atoms with van der Waals surface area (Å²) in [7, 11) is 0. The lowest BCUT2D eigenvalue weighted by Gasteiger charge is -2.14. The molecule has 70 valence electrons. The molecule has 0 aromatic heterocycles. The average Bonchev–Trinajstić information content (AvgIpc) is 2.01. The van der Waals surface area contributed by atoms with Gasteiger partial charge in [-0.05, 0) is 25.7 Å². The van der Waals surface area contributed by atoms with Crippen molar-refractivity contribution in [2.45, 2.75) is 26.0 Å². The van der Waals surface area contributed by atoms with E-state index < -0.39 is 0 Å². The second kappa shape index (κ2) is 7.07. The van der Waals surface area contributed by atoms with E-state index in [9.17, 15) is 0 Å². The Labute approximate surface area is 75.1 Å². The van der Waals surface area contributed by atoms with Crippen molar-refractivity contribution in [2.24, 2.45) is 11.7 Å². The van der Waals surface area contributed by atoms with Crippen LogP contribution in [0.5, 0.6) is 0 Å². The molecule has 0 aliphatic rings. The normalized spacial score (nSPS) is 12.9. The van der Waals surface area contributed by atoms with E-state index in [1.54, 1.807) is 0 Å². The SMILES string of the molecule is C=CCC(CC=C)COC(C)N. The molecule has 0 rings (SSSR count). The van der Waals surface area contributed by atoms with Crippen molar-refractivity contribution in [2.75, 3.05) is 6.61 Å². The quantitative estimate of drug-likeness (QED) is 0.468. The molecule has 1 unspecified atom stereocenters. The van der Waals surface area contributed by atoms with E-state index in [-0.39, 0.29) is 6.23 Å². The fraction of sp³-hybridized carbons (Fsp3) is 0.600. The maximum atomic E-state index is 5.46. The third-order valence-corrected chi connectivity index (χ3v) is 1.59. The highest BCUT2D eigenvalue weighted by Crippen LogP contribution is 2.10. The molecule has 2 N–H and O–H groups in total. The third kappa shape index (κ3) is 6.13. The van der Waals surface area contributed by atoms with Gasteiger partial charge in [-0.1, -0.05) is 12.2 Å². The first kappa shape index (κ1) is 11.4. The molecular formula is C10H19NO. The first-order valence-corrected chi connectivity index (χ1v) is 4.29.